The molecule has 0 fully saturated rings. The molecule has 2 amide bonds. The molecule has 0 radical (unpaired) electrons. The zero-order valence-corrected chi connectivity index (χ0v) is 11.1. The van der Waals surface area contributed by atoms with Crippen LogP contribution in [0, 0.1) is 5.92 Å². The molecule has 8 heteroatoms. The van der Waals surface area contributed by atoms with Crippen molar-refractivity contribution in [2.75, 3.05) is 19.0 Å². The number of carbonyl (C=O) groups excluding carboxylic acids is 1. The van der Waals surface area contributed by atoms with Crippen LogP contribution in [-0.2, 0) is 11.8 Å². The van der Waals surface area contributed by atoms with Gasteiger partial charge in [0.1, 0.15) is 0 Å². The highest BCUT2D eigenvalue weighted by molar-refractivity contribution is 5.88. The number of aromatic nitrogens is 2. The lowest BCUT2D eigenvalue weighted by Gasteiger charge is -2.07. The minimum Gasteiger partial charge on any atom is -0.481 e. The van der Waals surface area contributed by atoms with Gasteiger partial charge in [0.2, 0.25) is 5.88 Å². The molecule has 1 aromatic rings. The number of aryl methyl sites for hydroxylation is 1. The largest absolute Gasteiger partial charge is 0.481 e. The Bertz CT molecular complexity index is 458. The monoisotopic (exact) mass is 270 g/mol. The van der Waals surface area contributed by atoms with Crippen molar-refractivity contribution in [2.45, 2.75) is 13.3 Å². The van der Waals surface area contributed by atoms with Crippen LogP contribution in [0.2, 0.25) is 0 Å². The lowest BCUT2D eigenvalue weighted by molar-refractivity contribution is -0.141. The third-order valence-corrected chi connectivity index (χ3v) is 2.57. The lowest BCUT2D eigenvalue weighted by atomic mass is 10.1. The van der Waals surface area contributed by atoms with Crippen LogP contribution in [0.15, 0.2) is 6.07 Å². The van der Waals surface area contributed by atoms with Gasteiger partial charge in [0, 0.05) is 19.7 Å². The third kappa shape index (κ3) is 4.49. The Morgan fingerprint density at radius 3 is 2.79 bits per heavy atom. The number of carboxylic acid groups (broad SMARTS) is 1. The molecule has 0 aliphatic carbocycles. The number of carboxylic acids is 1. The number of anilines is 1. The maximum atomic E-state index is 11.5. The first-order valence-corrected chi connectivity index (χ1v) is 5.79. The molecule has 0 saturated heterocycles. The van der Waals surface area contributed by atoms with Crippen molar-refractivity contribution < 1.29 is 19.4 Å². The minimum atomic E-state index is -0.878. The van der Waals surface area contributed by atoms with Gasteiger partial charge in [0.05, 0.1) is 13.0 Å². The molecule has 106 valence electrons. The highest BCUT2D eigenvalue weighted by atomic mass is 16.5. The third-order valence-electron chi connectivity index (χ3n) is 2.57. The van der Waals surface area contributed by atoms with Gasteiger partial charge < -0.3 is 15.2 Å². The van der Waals surface area contributed by atoms with Crippen LogP contribution in [0.1, 0.15) is 13.3 Å². The van der Waals surface area contributed by atoms with Crippen LogP contribution >= 0.6 is 0 Å². The summed E-state index contributed by atoms with van der Waals surface area (Å²) >= 11 is 0. The number of nitrogens with one attached hydrogen (secondary N) is 2. The van der Waals surface area contributed by atoms with Gasteiger partial charge in [-0.1, -0.05) is 6.92 Å². The van der Waals surface area contributed by atoms with Crippen molar-refractivity contribution >= 4 is 17.8 Å². The molecule has 1 aromatic heterocycles. The van der Waals surface area contributed by atoms with E-state index in [9.17, 15) is 9.59 Å². The molecule has 8 nitrogen and oxygen atoms in total. The maximum absolute atomic E-state index is 11.5. The van der Waals surface area contributed by atoms with Crippen molar-refractivity contribution in [3.05, 3.63) is 6.07 Å². The number of rotatable bonds is 6. The van der Waals surface area contributed by atoms with E-state index in [1.807, 2.05) is 0 Å². The zero-order chi connectivity index (χ0) is 14.4. The second-order valence-corrected chi connectivity index (χ2v) is 4.10. The molecule has 0 aliphatic heterocycles. The summed E-state index contributed by atoms with van der Waals surface area (Å²) in [6, 6.07) is 1.15. The van der Waals surface area contributed by atoms with Crippen LogP contribution in [-0.4, -0.2) is 40.5 Å². The normalized spacial score (nSPS) is 11.7. The molecule has 19 heavy (non-hydrogen) atoms. The van der Waals surface area contributed by atoms with Crippen molar-refractivity contribution in [1.82, 2.24) is 15.1 Å². The molecular formula is C11H18N4O4. The van der Waals surface area contributed by atoms with E-state index in [1.54, 1.807) is 20.0 Å². The van der Waals surface area contributed by atoms with Gasteiger partial charge in [0.15, 0.2) is 5.82 Å². The highest BCUT2D eigenvalue weighted by Gasteiger charge is 2.12. The van der Waals surface area contributed by atoms with Crippen LogP contribution in [0.4, 0.5) is 10.6 Å². The smallest absolute Gasteiger partial charge is 0.320 e. The number of aliphatic carboxylic acids is 1. The van der Waals surface area contributed by atoms with E-state index in [4.69, 9.17) is 9.84 Å². The van der Waals surface area contributed by atoms with Gasteiger partial charge >= 0.3 is 12.0 Å². The second kappa shape index (κ2) is 6.62. The standard InChI is InChI=1S/C11H18N4O4/c1-7(10(16)17)4-5-12-11(18)13-8-6-9(19-3)15(2)14-8/h6-7H,4-5H2,1-3H3,(H,16,17)(H2,12,13,14,18). The van der Waals surface area contributed by atoms with Crippen molar-refractivity contribution in [3.63, 3.8) is 0 Å². The van der Waals surface area contributed by atoms with Gasteiger partial charge in [-0.2, -0.15) is 5.10 Å². The summed E-state index contributed by atoms with van der Waals surface area (Å²) in [4.78, 5) is 22.1. The second-order valence-electron chi connectivity index (χ2n) is 4.10. The summed E-state index contributed by atoms with van der Waals surface area (Å²) in [5.41, 5.74) is 0. The number of methoxy groups -OCH3 is 1. The molecule has 1 atom stereocenters. The predicted octanol–water partition coefficient (Wildman–Crippen LogP) is 0.661. The maximum Gasteiger partial charge on any atom is 0.320 e. The first-order chi connectivity index (χ1) is 8.93. The Kier molecular flexibility index (Phi) is 5.16. The lowest BCUT2D eigenvalue weighted by Crippen LogP contribution is -2.31. The van der Waals surface area contributed by atoms with Crippen LogP contribution in [0.3, 0.4) is 0 Å². The number of hydrogen-bond acceptors (Lipinski definition) is 4. The topological polar surface area (TPSA) is 105 Å². The molecule has 0 spiro atoms. The molecule has 1 heterocycles. The van der Waals surface area contributed by atoms with Gasteiger partial charge in [-0.15, -0.1) is 0 Å². The Hall–Kier alpha value is -2.25. The van der Waals surface area contributed by atoms with E-state index in [2.05, 4.69) is 15.7 Å². The summed E-state index contributed by atoms with van der Waals surface area (Å²) in [6.07, 6.45) is 0.369. The quantitative estimate of drug-likeness (QED) is 0.704. The average Bonchev–Trinajstić information content (AvgIpc) is 2.68. The van der Waals surface area contributed by atoms with Gasteiger partial charge in [-0.05, 0) is 6.42 Å². The van der Waals surface area contributed by atoms with Crippen molar-refractivity contribution in [1.29, 1.82) is 0 Å². The predicted molar refractivity (Wildman–Crippen MR) is 68.2 cm³/mol. The summed E-state index contributed by atoms with van der Waals surface area (Å²) in [5, 5.41) is 17.8. The van der Waals surface area contributed by atoms with E-state index in [1.165, 1.54) is 11.8 Å². The van der Waals surface area contributed by atoms with Crippen LogP contribution < -0.4 is 15.4 Å². The fraction of sp³-hybridized carbons (Fsp3) is 0.545. The van der Waals surface area contributed by atoms with E-state index >= 15 is 0 Å². The molecule has 1 rings (SSSR count). The SMILES string of the molecule is COc1cc(NC(=O)NCCC(C)C(=O)O)nn1C. The number of amides is 2. The molecule has 0 bridgehead atoms. The van der Waals surface area contributed by atoms with Crippen molar-refractivity contribution in [2.24, 2.45) is 13.0 Å². The summed E-state index contributed by atoms with van der Waals surface area (Å²) in [6.45, 7) is 1.87. The molecular weight excluding hydrogens is 252 g/mol. The first-order valence-electron chi connectivity index (χ1n) is 5.79. The van der Waals surface area contributed by atoms with Crippen molar-refractivity contribution in [3.8, 4) is 5.88 Å². The van der Waals surface area contributed by atoms with Crippen LogP contribution in [0.25, 0.3) is 0 Å². The number of hydrogen-bond donors (Lipinski definition) is 3. The molecule has 0 aliphatic rings. The van der Waals surface area contributed by atoms with Crippen LogP contribution in [0.5, 0.6) is 5.88 Å². The van der Waals surface area contributed by atoms with Gasteiger partial charge in [-0.25, -0.2) is 9.48 Å². The summed E-state index contributed by atoms with van der Waals surface area (Å²) in [5.74, 6) is -0.482. The van der Waals surface area contributed by atoms with E-state index in [-0.39, 0.29) is 6.54 Å². The van der Waals surface area contributed by atoms with E-state index in [0.717, 1.165) is 0 Å². The van der Waals surface area contributed by atoms with Gasteiger partial charge in [0.25, 0.3) is 0 Å². The fourth-order valence-corrected chi connectivity index (χ4v) is 1.39. The minimum absolute atomic E-state index is 0.281. The number of urea groups is 1. The highest BCUT2D eigenvalue weighted by Crippen LogP contribution is 2.14. The number of carbonyl (C=O) groups is 2. The number of nitrogens with zero attached hydrogens (tertiary/aromatic N) is 2. The zero-order valence-electron chi connectivity index (χ0n) is 11.1. The Morgan fingerprint density at radius 2 is 2.26 bits per heavy atom. The molecule has 0 saturated carbocycles. The Balaban J connectivity index is 2.36. The Morgan fingerprint density at radius 1 is 1.58 bits per heavy atom. The molecule has 1 unspecified atom stereocenters. The summed E-state index contributed by atoms with van der Waals surface area (Å²) < 4.78 is 6.50. The van der Waals surface area contributed by atoms with Gasteiger partial charge in [-0.3, -0.25) is 10.1 Å². The molecule has 0 aromatic carbocycles. The van der Waals surface area contributed by atoms with E-state index < -0.39 is 17.9 Å². The average molecular weight is 270 g/mol. The Labute approximate surface area is 110 Å². The fourth-order valence-electron chi connectivity index (χ4n) is 1.39. The first kappa shape index (κ1) is 14.8. The van der Waals surface area contributed by atoms with E-state index in [0.29, 0.717) is 18.1 Å². The molecule has 3 N–H and O–H groups in total. The summed E-state index contributed by atoms with van der Waals surface area (Å²) in [7, 11) is 3.20. The number of ether oxygens (including phenoxy) is 1.